The molecule has 1 saturated carbocycles. The normalized spacial score (nSPS) is 15.3. The summed E-state index contributed by atoms with van der Waals surface area (Å²) < 4.78 is 6.80. The van der Waals surface area contributed by atoms with Gasteiger partial charge in [-0.1, -0.05) is 13.8 Å². The molecule has 1 fully saturated rings. The van der Waals surface area contributed by atoms with Crippen LogP contribution in [-0.4, -0.2) is 22.4 Å². The third-order valence-electron chi connectivity index (χ3n) is 2.92. The summed E-state index contributed by atoms with van der Waals surface area (Å²) in [6.07, 6.45) is 2.18. The highest BCUT2D eigenvalue weighted by molar-refractivity contribution is 5.90. The van der Waals surface area contributed by atoms with Gasteiger partial charge in [-0.25, -0.2) is 9.48 Å². The molecule has 0 spiro atoms. The lowest BCUT2D eigenvalue weighted by Gasteiger charge is -2.06. The smallest absolute Gasteiger partial charge is 0.359 e. The molecule has 17 heavy (non-hydrogen) atoms. The van der Waals surface area contributed by atoms with E-state index >= 15 is 0 Å². The molecule has 1 aliphatic rings. The Bertz CT molecular complexity index is 433. The van der Waals surface area contributed by atoms with Crippen LogP contribution in [0.5, 0.6) is 0 Å². The fraction of sp³-hybridized carbons (Fsp3) is 0.667. The van der Waals surface area contributed by atoms with E-state index in [-0.39, 0.29) is 11.9 Å². The van der Waals surface area contributed by atoms with E-state index in [4.69, 9.17) is 10.5 Å². The molecule has 1 aliphatic carbocycles. The number of carbonyl (C=O) groups excluding carboxylic acids is 1. The summed E-state index contributed by atoms with van der Waals surface area (Å²) in [7, 11) is 0. The number of anilines is 1. The standard InChI is InChI=1S/C12H19N3O2/c1-4-17-12(16)10-9(7(2)3)11(13)15(14-10)8-5-6-8/h7-8H,4-6,13H2,1-3H3. The second-order valence-electron chi connectivity index (χ2n) is 4.70. The van der Waals surface area contributed by atoms with Crippen LogP contribution in [0.15, 0.2) is 0 Å². The minimum Gasteiger partial charge on any atom is -0.461 e. The summed E-state index contributed by atoms with van der Waals surface area (Å²) >= 11 is 0. The van der Waals surface area contributed by atoms with Gasteiger partial charge >= 0.3 is 5.97 Å². The Balaban J connectivity index is 2.41. The highest BCUT2D eigenvalue weighted by Crippen LogP contribution is 2.39. The van der Waals surface area contributed by atoms with Crippen molar-refractivity contribution in [3.8, 4) is 0 Å². The first-order valence-electron chi connectivity index (χ1n) is 6.11. The molecule has 2 N–H and O–H groups in total. The Morgan fingerprint density at radius 2 is 2.24 bits per heavy atom. The van der Waals surface area contributed by atoms with Gasteiger partial charge in [0.05, 0.1) is 12.6 Å². The van der Waals surface area contributed by atoms with E-state index in [0.717, 1.165) is 18.4 Å². The summed E-state index contributed by atoms with van der Waals surface area (Å²) in [5, 5.41) is 4.33. The molecule has 94 valence electrons. The second kappa shape index (κ2) is 4.39. The third-order valence-corrected chi connectivity index (χ3v) is 2.92. The number of nitrogen functional groups attached to an aromatic ring is 1. The fourth-order valence-electron chi connectivity index (χ4n) is 1.98. The summed E-state index contributed by atoms with van der Waals surface area (Å²) in [6.45, 7) is 6.15. The van der Waals surface area contributed by atoms with Crippen molar-refractivity contribution in [1.29, 1.82) is 0 Å². The first kappa shape index (κ1) is 12.0. The maximum absolute atomic E-state index is 11.8. The molecule has 5 nitrogen and oxygen atoms in total. The Labute approximate surface area is 101 Å². The Morgan fingerprint density at radius 3 is 2.71 bits per heavy atom. The van der Waals surface area contributed by atoms with Crippen molar-refractivity contribution in [3.05, 3.63) is 11.3 Å². The SMILES string of the molecule is CCOC(=O)c1nn(C2CC2)c(N)c1C(C)C. The van der Waals surface area contributed by atoms with E-state index < -0.39 is 0 Å². The van der Waals surface area contributed by atoms with Crippen molar-refractivity contribution >= 4 is 11.8 Å². The average Bonchev–Trinajstić information content (AvgIpc) is 3.02. The van der Waals surface area contributed by atoms with E-state index in [2.05, 4.69) is 5.10 Å². The topological polar surface area (TPSA) is 70.1 Å². The molecule has 0 bridgehead atoms. The molecule has 0 radical (unpaired) electrons. The third kappa shape index (κ3) is 2.14. The monoisotopic (exact) mass is 237 g/mol. The Morgan fingerprint density at radius 1 is 1.59 bits per heavy atom. The molecule has 0 aromatic carbocycles. The minimum atomic E-state index is -0.373. The van der Waals surface area contributed by atoms with E-state index in [9.17, 15) is 4.79 Å². The first-order chi connectivity index (χ1) is 8.06. The molecule has 2 rings (SSSR count). The number of ether oxygens (including phenoxy) is 1. The highest BCUT2D eigenvalue weighted by atomic mass is 16.5. The predicted octanol–water partition coefficient (Wildman–Crippen LogP) is 2.10. The van der Waals surface area contributed by atoms with Gasteiger partial charge in [0.2, 0.25) is 0 Å². The number of carbonyl (C=O) groups is 1. The van der Waals surface area contributed by atoms with Gasteiger partial charge in [0.15, 0.2) is 5.69 Å². The number of aromatic nitrogens is 2. The summed E-state index contributed by atoms with van der Waals surface area (Å²) in [6, 6.07) is 0.371. The lowest BCUT2D eigenvalue weighted by molar-refractivity contribution is 0.0516. The van der Waals surface area contributed by atoms with E-state index in [0.29, 0.717) is 24.2 Å². The van der Waals surface area contributed by atoms with Crippen LogP contribution in [0, 0.1) is 0 Å². The van der Waals surface area contributed by atoms with Crippen LogP contribution in [-0.2, 0) is 4.74 Å². The zero-order valence-corrected chi connectivity index (χ0v) is 10.6. The van der Waals surface area contributed by atoms with Crippen molar-refractivity contribution in [2.45, 2.75) is 45.6 Å². The molecule has 0 unspecified atom stereocenters. The van der Waals surface area contributed by atoms with Gasteiger partial charge in [-0.2, -0.15) is 5.10 Å². The number of esters is 1. The molecule has 1 aromatic rings. The zero-order chi connectivity index (χ0) is 12.6. The largest absolute Gasteiger partial charge is 0.461 e. The first-order valence-corrected chi connectivity index (χ1v) is 6.11. The van der Waals surface area contributed by atoms with Crippen LogP contribution in [0.3, 0.4) is 0 Å². The predicted molar refractivity (Wildman–Crippen MR) is 65.0 cm³/mol. The summed E-state index contributed by atoms with van der Waals surface area (Å²) in [5.41, 5.74) is 7.27. The van der Waals surface area contributed by atoms with Crippen molar-refractivity contribution < 1.29 is 9.53 Å². The van der Waals surface area contributed by atoms with E-state index in [1.165, 1.54) is 0 Å². The van der Waals surface area contributed by atoms with Crippen LogP contribution in [0.2, 0.25) is 0 Å². The van der Waals surface area contributed by atoms with Crippen molar-refractivity contribution in [3.63, 3.8) is 0 Å². The second-order valence-corrected chi connectivity index (χ2v) is 4.70. The van der Waals surface area contributed by atoms with Crippen LogP contribution >= 0.6 is 0 Å². The molecule has 0 atom stereocenters. The van der Waals surface area contributed by atoms with Crippen LogP contribution in [0.25, 0.3) is 0 Å². The van der Waals surface area contributed by atoms with Gasteiger partial charge in [0.1, 0.15) is 5.82 Å². The van der Waals surface area contributed by atoms with Crippen molar-refractivity contribution in [2.24, 2.45) is 0 Å². The molecular formula is C12H19N3O2. The molecular weight excluding hydrogens is 218 g/mol. The van der Waals surface area contributed by atoms with Crippen LogP contribution in [0.4, 0.5) is 5.82 Å². The number of nitrogens with zero attached hydrogens (tertiary/aromatic N) is 2. The number of hydrogen-bond acceptors (Lipinski definition) is 4. The lowest BCUT2D eigenvalue weighted by atomic mass is 10.0. The van der Waals surface area contributed by atoms with Crippen molar-refractivity contribution in [2.75, 3.05) is 12.3 Å². The number of rotatable bonds is 4. The molecule has 1 aromatic heterocycles. The Hall–Kier alpha value is -1.52. The minimum absolute atomic E-state index is 0.168. The molecule has 0 amide bonds. The van der Waals surface area contributed by atoms with E-state index in [1.54, 1.807) is 11.6 Å². The van der Waals surface area contributed by atoms with Crippen LogP contribution in [0.1, 0.15) is 61.6 Å². The fourth-order valence-corrected chi connectivity index (χ4v) is 1.98. The van der Waals surface area contributed by atoms with Crippen molar-refractivity contribution in [1.82, 2.24) is 9.78 Å². The Kier molecular flexibility index (Phi) is 3.09. The van der Waals surface area contributed by atoms with Gasteiger partial charge in [0.25, 0.3) is 0 Å². The average molecular weight is 237 g/mol. The van der Waals surface area contributed by atoms with E-state index in [1.807, 2.05) is 13.8 Å². The van der Waals surface area contributed by atoms with Gasteiger partial charge in [0, 0.05) is 5.56 Å². The van der Waals surface area contributed by atoms with Gasteiger partial charge in [-0.05, 0) is 25.7 Å². The van der Waals surface area contributed by atoms with Gasteiger partial charge in [-0.3, -0.25) is 0 Å². The number of hydrogen-bond donors (Lipinski definition) is 1. The lowest BCUT2D eigenvalue weighted by Crippen LogP contribution is -2.09. The zero-order valence-electron chi connectivity index (χ0n) is 10.6. The summed E-state index contributed by atoms with van der Waals surface area (Å²) in [5.74, 6) is 0.412. The number of nitrogens with two attached hydrogens (primary N) is 1. The van der Waals surface area contributed by atoms with Gasteiger partial charge in [-0.15, -0.1) is 0 Å². The summed E-state index contributed by atoms with van der Waals surface area (Å²) in [4.78, 5) is 11.8. The maximum Gasteiger partial charge on any atom is 0.359 e. The van der Waals surface area contributed by atoms with Crippen LogP contribution < -0.4 is 5.73 Å². The maximum atomic E-state index is 11.8. The highest BCUT2D eigenvalue weighted by Gasteiger charge is 2.32. The molecule has 5 heteroatoms. The molecule has 0 saturated heterocycles. The quantitative estimate of drug-likeness (QED) is 0.814. The van der Waals surface area contributed by atoms with Gasteiger partial charge < -0.3 is 10.5 Å². The molecule has 0 aliphatic heterocycles. The molecule has 1 heterocycles.